The molecule has 1 aliphatic rings. The van der Waals surface area contributed by atoms with Gasteiger partial charge in [-0.2, -0.15) is 0 Å². The van der Waals surface area contributed by atoms with Crippen LogP contribution in [0, 0.1) is 5.92 Å². The molecule has 2 aromatic heterocycles. The zero-order chi connectivity index (χ0) is 22.6. The van der Waals surface area contributed by atoms with Crippen molar-refractivity contribution in [3.8, 4) is 0 Å². The van der Waals surface area contributed by atoms with Gasteiger partial charge in [-0.1, -0.05) is 19.4 Å². The number of fused-ring (bicyclic) bond motifs is 1. The first-order valence-corrected chi connectivity index (χ1v) is 12.2. The summed E-state index contributed by atoms with van der Waals surface area (Å²) in [6.07, 6.45) is 3.00. The highest BCUT2D eigenvalue weighted by Gasteiger charge is 2.26. The summed E-state index contributed by atoms with van der Waals surface area (Å²) in [6.45, 7) is 3.74. The fraction of sp³-hybridized carbons (Fsp3) is 0.450. The van der Waals surface area contributed by atoms with Crippen LogP contribution in [-0.2, 0) is 14.8 Å². The third kappa shape index (κ3) is 5.02. The lowest BCUT2D eigenvalue weighted by Crippen LogP contribution is -2.38. The number of benzene rings is 1. The van der Waals surface area contributed by atoms with E-state index in [-0.39, 0.29) is 16.7 Å². The Bertz CT molecular complexity index is 1190. The monoisotopic (exact) mass is 458 g/mol. The minimum absolute atomic E-state index is 0.109. The molecule has 11 nitrogen and oxygen atoms in total. The summed E-state index contributed by atoms with van der Waals surface area (Å²) in [5.74, 6) is 0.491. The lowest BCUT2D eigenvalue weighted by Gasteiger charge is -2.31. The maximum absolute atomic E-state index is 12.8. The van der Waals surface area contributed by atoms with E-state index in [9.17, 15) is 13.2 Å². The number of carbonyl (C=O) groups is 1. The molecule has 170 valence electrons. The highest BCUT2D eigenvalue weighted by Crippen LogP contribution is 2.24. The molecule has 32 heavy (non-hydrogen) atoms. The van der Waals surface area contributed by atoms with Gasteiger partial charge in [-0.3, -0.25) is 4.79 Å². The molecule has 1 aliphatic heterocycles. The Morgan fingerprint density at radius 3 is 2.78 bits per heavy atom. The molecule has 0 atom stereocenters. The van der Waals surface area contributed by atoms with E-state index in [0.29, 0.717) is 43.8 Å². The van der Waals surface area contributed by atoms with Gasteiger partial charge < -0.3 is 10.2 Å². The molecular formula is C20H26N8O3S. The number of piperidine rings is 1. The Hall–Kier alpha value is -3.12. The van der Waals surface area contributed by atoms with Gasteiger partial charge in [0.1, 0.15) is 0 Å². The first-order chi connectivity index (χ1) is 15.5. The molecule has 0 unspecified atom stereocenters. The normalized spacial score (nSPS) is 15.2. The summed E-state index contributed by atoms with van der Waals surface area (Å²) in [4.78, 5) is 15.0. The standard InChI is InChI=1S/C20H26N8O3S/c1-2-3-11-21-32(30,31)17-6-4-5-16(14-17)22-20(29)15-9-12-27(13-10-15)19-8-7-18-23-25-26-28(18)24-19/h4-8,14-15,21H,2-3,9-13H2,1H3,(H,22,29). The summed E-state index contributed by atoms with van der Waals surface area (Å²) < 4.78 is 28.8. The molecule has 0 bridgehead atoms. The van der Waals surface area contributed by atoms with Gasteiger partial charge in [0.05, 0.1) is 4.90 Å². The number of tetrazole rings is 1. The number of nitrogens with zero attached hydrogens (tertiary/aromatic N) is 6. The van der Waals surface area contributed by atoms with Crippen LogP contribution in [0.3, 0.4) is 0 Å². The van der Waals surface area contributed by atoms with Crippen molar-refractivity contribution in [3.05, 3.63) is 36.4 Å². The fourth-order valence-electron chi connectivity index (χ4n) is 3.63. The van der Waals surface area contributed by atoms with Crippen LogP contribution in [0.2, 0.25) is 0 Å². The molecule has 0 saturated carbocycles. The van der Waals surface area contributed by atoms with Crippen LogP contribution in [-0.4, -0.2) is 59.2 Å². The van der Waals surface area contributed by atoms with Crippen molar-refractivity contribution in [1.82, 2.24) is 30.0 Å². The Morgan fingerprint density at radius 1 is 1.19 bits per heavy atom. The molecule has 0 aliphatic carbocycles. The van der Waals surface area contributed by atoms with Gasteiger partial charge in [-0.05, 0) is 60.0 Å². The SMILES string of the molecule is CCCCNS(=O)(=O)c1cccc(NC(=O)C2CCN(c3ccc4nnnn4n3)CC2)c1. The largest absolute Gasteiger partial charge is 0.355 e. The molecule has 0 spiro atoms. The zero-order valence-electron chi connectivity index (χ0n) is 17.8. The topological polar surface area (TPSA) is 134 Å². The second kappa shape index (κ2) is 9.57. The zero-order valence-corrected chi connectivity index (χ0v) is 18.6. The maximum atomic E-state index is 12.8. The quantitative estimate of drug-likeness (QED) is 0.485. The van der Waals surface area contributed by atoms with Gasteiger partial charge in [0.15, 0.2) is 11.5 Å². The Labute approximate surface area is 186 Å². The van der Waals surface area contributed by atoms with Crippen molar-refractivity contribution in [2.45, 2.75) is 37.5 Å². The average molecular weight is 459 g/mol. The summed E-state index contributed by atoms with van der Waals surface area (Å²) in [7, 11) is -3.60. The van der Waals surface area contributed by atoms with Crippen LogP contribution in [0.1, 0.15) is 32.6 Å². The van der Waals surface area contributed by atoms with Gasteiger partial charge in [-0.25, -0.2) is 13.1 Å². The lowest BCUT2D eigenvalue weighted by molar-refractivity contribution is -0.120. The molecule has 4 rings (SSSR count). The van der Waals surface area contributed by atoms with Gasteiger partial charge in [0, 0.05) is 31.2 Å². The predicted molar refractivity (Wildman–Crippen MR) is 119 cm³/mol. The molecule has 3 heterocycles. The van der Waals surface area contributed by atoms with Gasteiger partial charge in [0.2, 0.25) is 15.9 Å². The van der Waals surface area contributed by atoms with Crippen LogP contribution in [0.5, 0.6) is 0 Å². The van der Waals surface area contributed by atoms with Crippen molar-refractivity contribution in [1.29, 1.82) is 0 Å². The third-order valence-electron chi connectivity index (χ3n) is 5.48. The number of hydrogen-bond acceptors (Lipinski definition) is 8. The predicted octanol–water partition coefficient (Wildman–Crippen LogP) is 1.45. The molecule has 3 aromatic rings. The smallest absolute Gasteiger partial charge is 0.240 e. The van der Waals surface area contributed by atoms with Crippen LogP contribution in [0.15, 0.2) is 41.3 Å². The number of unbranched alkanes of at least 4 members (excludes halogenated alkanes) is 1. The van der Waals surface area contributed by atoms with Crippen molar-refractivity contribution >= 4 is 33.1 Å². The van der Waals surface area contributed by atoms with Crippen LogP contribution < -0.4 is 14.9 Å². The number of hydrogen-bond donors (Lipinski definition) is 2. The minimum Gasteiger partial charge on any atom is -0.355 e. The number of amides is 1. The summed E-state index contributed by atoms with van der Waals surface area (Å²) in [6, 6.07) is 10.0. The fourth-order valence-corrected chi connectivity index (χ4v) is 4.75. The molecule has 1 fully saturated rings. The first-order valence-electron chi connectivity index (χ1n) is 10.7. The highest BCUT2D eigenvalue weighted by atomic mass is 32.2. The third-order valence-corrected chi connectivity index (χ3v) is 6.94. The van der Waals surface area contributed by atoms with Gasteiger partial charge >= 0.3 is 0 Å². The lowest BCUT2D eigenvalue weighted by atomic mass is 9.96. The van der Waals surface area contributed by atoms with Crippen molar-refractivity contribution in [2.75, 3.05) is 29.9 Å². The van der Waals surface area contributed by atoms with E-state index in [2.05, 4.69) is 35.6 Å². The molecule has 2 N–H and O–H groups in total. The Balaban J connectivity index is 1.35. The van der Waals surface area contributed by atoms with Crippen molar-refractivity contribution in [3.63, 3.8) is 0 Å². The molecule has 12 heteroatoms. The highest BCUT2D eigenvalue weighted by molar-refractivity contribution is 7.89. The number of carbonyl (C=O) groups excluding carboxylic acids is 1. The summed E-state index contributed by atoms with van der Waals surface area (Å²) in [5, 5.41) is 18.5. The summed E-state index contributed by atoms with van der Waals surface area (Å²) in [5.41, 5.74) is 1.05. The minimum atomic E-state index is -3.60. The number of rotatable bonds is 8. The van der Waals surface area contributed by atoms with E-state index in [1.807, 2.05) is 13.0 Å². The van der Waals surface area contributed by atoms with Crippen LogP contribution in [0.25, 0.3) is 5.65 Å². The number of sulfonamides is 1. The first kappa shape index (κ1) is 22.1. The Kier molecular flexibility index (Phi) is 6.61. The van der Waals surface area contributed by atoms with Crippen LogP contribution >= 0.6 is 0 Å². The van der Waals surface area contributed by atoms with E-state index in [4.69, 9.17) is 0 Å². The van der Waals surface area contributed by atoms with Crippen LogP contribution in [0.4, 0.5) is 11.5 Å². The number of aromatic nitrogens is 5. The van der Waals surface area contributed by atoms with E-state index >= 15 is 0 Å². The average Bonchev–Trinajstić information content (AvgIpc) is 3.27. The second-order valence-electron chi connectivity index (χ2n) is 7.75. The molecule has 0 radical (unpaired) electrons. The van der Waals surface area contributed by atoms with E-state index in [0.717, 1.165) is 18.7 Å². The van der Waals surface area contributed by atoms with Crippen molar-refractivity contribution < 1.29 is 13.2 Å². The maximum Gasteiger partial charge on any atom is 0.240 e. The summed E-state index contributed by atoms with van der Waals surface area (Å²) >= 11 is 0. The second-order valence-corrected chi connectivity index (χ2v) is 9.51. The Morgan fingerprint density at radius 2 is 2.00 bits per heavy atom. The number of anilines is 2. The van der Waals surface area contributed by atoms with E-state index in [1.54, 1.807) is 18.2 Å². The molecule has 1 amide bonds. The molecule has 1 aromatic carbocycles. The molecular weight excluding hydrogens is 432 g/mol. The number of nitrogens with one attached hydrogen (secondary N) is 2. The van der Waals surface area contributed by atoms with E-state index < -0.39 is 10.0 Å². The molecule has 1 saturated heterocycles. The van der Waals surface area contributed by atoms with E-state index in [1.165, 1.54) is 16.8 Å². The van der Waals surface area contributed by atoms with Gasteiger partial charge in [0.25, 0.3) is 0 Å². The van der Waals surface area contributed by atoms with Gasteiger partial charge in [-0.15, -0.1) is 14.8 Å². The van der Waals surface area contributed by atoms with Crippen molar-refractivity contribution in [2.24, 2.45) is 5.92 Å².